The molecule has 1 aromatic carbocycles. The molecular weight excluding hydrogens is 279 g/mol. The SMILES string of the molecule is CSCCC(=O)Nc1ccc(S(N)(=O)=O)cc1F. The lowest BCUT2D eigenvalue weighted by Gasteiger charge is -2.07. The van der Waals surface area contributed by atoms with Crippen LogP contribution in [0.5, 0.6) is 0 Å². The molecule has 5 nitrogen and oxygen atoms in total. The first-order valence-corrected chi connectivity index (χ1v) is 7.89. The van der Waals surface area contributed by atoms with Gasteiger partial charge in [0, 0.05) is 12.2 Å². The van der Waals surface area contributed by atoms with E-state index < -0.39 is 15.8 Å². The third-order valence-electron chi connectivity index (χ3n) is 2.08. The molecule has 1 aromatic rings. The summed E-state index contributed by atoms with van der Waals surface area (Å²) < 4.78 is 35.5. The van der Waals surface area contributed by atoms with Crippen LogP contribution < -0.4 is 10.5 Å². The molecule has 3 N–H and O–H groups in total. The molecule has 18 heavy (non-hydrogen) atoms. The van der Waals surface area contributed by atoms with Crippen LogP contribution in [0, 0.1) is 5.82 Å². The van der Waals surface area contributed by atoms with Crippen LogP contribution in [-0.2, 0) is 14.8 Å². The van der Waals surface area contributed by atoms with E-state index in [2.05, 4.69) is 5.32 Å². The number of nitrogens with one attached hydrogen (secondary N) is 1. The van der Waals surface area contributed by atoms with Gasteiger partial charge in [-0.3, -0.25) is 4.79 Å². The van der Waals surface area contributed by atoms with Crippen LogP contribution in [0.3, 0.4) is 0 Å². The van der Waals surface area contributed by atoms with Crippen molar-refractivity contribution in [1.82, 2.24) is 0 Å². The summed E-state index contributed by atoms with van der Waals surface area (Å²) in [6, 6.07) is 3.09. The van der Waals surface area contributed by atoms with Crippen molar-refractivity contribution in [2.75, 3.05) is 17.3 Å². The highest BCUT2D eigenvalue weighted by Crippen LogP contribution is 2.18. The fourth-order valence-corrected chi connectivity index (χ4v) is 2.10. The van der Waals surface area contributed by atoms with Crippen LogP contribution in [0.4, 0.5) is 10.1 Å². The van der Waals surface area contributed by atoms with E-state index in [-0.39, 0.29) is 22.9 Å². The van der Waals surface area contributed by atoms with E-state index in [1.807, 2.05) is 6.26 Å². The molecule has 0 radical (unpaired) electrons. The zero-order chi connectivity index (χ0) is 13.8. The number of primary sulfonamides is 1. The number of sulfonamides is 1. The molecular formula is C10H13FN2O3S2. The summed E-state index contributed by atoms with van der Waals surface area (Å²) in [5.41, 5.74) is -0.0616. The number of benzene rings is 1. The largest absolute Gasteiger partial charge is 0.324 e. The summed E-state index contributed by atoms with van der Waals surface area (Å²) in [5, 5.41) is 7.22. The zero-order valence-corrected chi connectivity index (χ0v) is 11.3. The minimum Gasteiger partial charge on any atom is -0.324 e. The predicted octanol–water partition coefficient (Wildman–Crippen LogP) is 1.16. The molecule has 8 heteroatoms. The molecule has 0 aromatic heterocycles. The molecule has 0 saturated heterocycles. The number of thioether (sulfide) groups is 1. The van der Waals surface area contributed by atoms with Crippen LogP contribution in [0.1, 0.15) is 6.42 Å². The maximum Gasteiger partial charge on any atom is 0.238 e. The molecule has 0 unspecified atom stereocenters. The van der Waals surface area contributed by atoms with Crippen molar-refractivity contribution in [3.8, 4) is 0 Å². The quantitative estimate of drug-likeness (QED) is 0.852. The van der Waals surface area contributed by atoms with Gasteiger partial charge in [0.15, 0.2) is 0 Å². The number of carbonyl (C=O) groups excluding carboxylic acids is 1. The lowest BCUT2D eigenvalue weighted by atomic mass is 10.3. The molecule has 0 saturated carbocycles. The number of amides is 1. The Morgan fingerprint density at radius 1 is 1.50 bits per heavy atom. The molecule has 1 amide bonds. The van der Waals surface area contributed by atoms with E-state index in [1.54, 1.807) is 0 Å². The van der Waals surface area contributed by atoms with Crippen molar-refractivity contribution < 1.29 is 17.6 Å². The van der Waals surface area contributed by atoms with Gasteiger partial charge in [-0.25, -0.2) is 17.9 Å². The minimum atomic E-state index is -3.94. The van der Waals surface area contributed by atoms with Crippen LogP contribution in [0.2, 0.25) is 0 Å². The van der Waals surface area contributed by atoms with Crippen molar-refractivity contribution in [2.45, 2.75) is 11.3 Å². The molecule has 0 heterocycles. The monoisotopic (exact) mass is 292 g/mol. The Hall–Kier alpha value is -1.12. The van der Waals surface area contributed by atoms with Crippen molar-refractivity contribution in [3.05, 3.63) is 24.0 Å². The summed E-state index contributed by atoms with van der Waals surface area (Å²) in [5.74, 6) is -0.534. The molecule has 0 spiro atoms. The van der Waals surface area contributed by atoms with Gasteiger partial charge in [-0.15, -0.1) is 0 Å². The van der Waals surface area contributed by atoms with Crippen LogP contribution in [0.25, 0.3) is 0 Å². The smallest absolute Gasteiger partial charge is 0.238 e. The van der Waals surface area contributed by atoms with Crippen LogP contribution >= 0.6 is 11.8 Å². The fourth-order valence-electron chi connectivity index (χ4n) is 1.18. The van der Waals surface area contributed by atoms with Gasteiger partial charge in [0.2, 0.25) is 15.9 Å². The molecule has 1 rings (SSSR count). The first kappa shape index (κ1) is 14.9. The number of nitrogens with two attached hydrogens (primary N) is 1. The van der Waals surface area contributed by atoms with Gasteiger partial charge in [-0.05, 0) is 24.5 Å². The fraction of sp³-hybridized carbons (Fsp3) is 0.300. The topological polar surface area (TPSA) is 89.3 Å². The van der Waals surface area contributed by atoms with Gasteiger partial charge in [-0.2, -0.15) is 11.8 Å². The second kappa shape index (κ2) is 6.17. The molecule has 0 aliphatic rings. The summed E-state index contributed by atoms with van der Waals surface area (Å²) in [6.07, 6.45) is 2.12. The molecule has 0 aliphatic carbocycles. The Labute approximate surface area is 109 Å². The third kappa shape index (κ3) is 4.28. The number of hydrogen-bond donors (Lipinski definition) is 2. The average molecular weight is 292 g/mol. The van der Waals surface area contributed by atoms with Crippen LogP contribution in [0.15, 0.2) is 23.1 Å². The van der Waals surface area contributed by atoms with Gasteiger partial charge in [0.1, 0.15) is 5.82 Å². The van der Waals surface area contributed by atoms with E-state index in [0.717, 1.165) is 12.1 Å². The van der Waals surface area contributed by atoms with Crippen molar-refractivity contribution in [1.29, 1.82) is 0 Å². The first-order chi connectivity index (χ1) is 8.34. The summed E-state index contributed by atoms with van der Waals surface area (Å²) in [6.45, 7) is 0. The number of carbonyl (C=O) groups is 1. The number of rotatable bonds is 5. The van der Waals surface area contributed by atoms with Gasteiger partial charge >= 0.3 is 0 Å². The van der Waals surface area contributed by atoms with Crippen molar-refractivity contribution >= 4 is 33.4 Å². The minimum absolute atomic E-state index is 0.0616. The van der Waals surface area contributed by atoms with Gasteiger partial charge in [0.25, 0.3) is 0 Å². The molecule has 0 atom stereocenters. The Kier molecular flexibility index (Phi) is 5.12. The highest BCUT2D eigenvalue weighted by Gasteiger charge is 2.12. The van der Waals surface area contributed by atoms with Crippen molar-refractivity contribution in [2.24, 2.45) is 5.14 Å². The Balaban J connectivity index is 2.84. The van der Waals surface area contributed by atoms with E-state index in [0.29, 0.717) is 5.75 Å². The van der Waals surface area contributed by atoms with E-state index >= 15 is 0 Å². The second-order valence-corrected chi connectivity index (χ2v) is 6.02. The first-order valence-electron chi connectivity index (χ1n) is 4.95. The molecule has 100 valence electrons. The van der Waals surface area contributed by atoms with Gasteiger partial charge in [0.05, 0.1) is 10.6 Å². The molecule has 0 aliphatic heterocycles. The maximum absolute atomic E-state index is 13.5. The summed E-state index contributed by atoms with van der Waals surface area (Å²) >= 11 is 1.50. The Bertz CT molecular complexity index is 546. The third-order valence-corrected chi connectivity index (χ3v) is 3.60. The number of halogens is 1. The highest BCUT2D eigenvalue weighted by molar-refractivity contribution is 7.98. The zero-order valence-electron chi connectivity index (χ0n) is 9.64. The molecule has 0 fully saturated rings. The average Bonchev–Trinajstić information content (AvgIpc) is 2.27. The normalized spacial score (nSPS) is 11.3. The van der Waals surface area contributed by atoms with E-state index in [1.165, 1.54) is 17.8 Å². The highest BCUT2D eigenvalue weighted by atomic mass is 32.2. The van der Waals surface area contributed by atoms with Gasteiger partial charge < -0.3 is 5.32 Å². The Morgan fingerprint density at radius 3 is 2.67 bits per heavy atom. The predicted molar refractivity (Wildman–Crippen MR) is 69.4 cm³/mol. The molecule has 0 bridgehead atoms. The van der Waals surface area contributed by atoms with Crippen molar-refractivity contribution in [3.63, 3.8) is 0 Å². The summed E-state index contributed by atoms with van der Waals surface area (Å²) in [4.78, 5) is 11.0. The maximum atomic E-state index is 13.5. The standard InChI is InChI=1S/C10H13FN2O3S2/c1-17-5-4-10(14)13-9-3-2-7(6-8(9)11)18(12,15)16/h2-3,6H,4-5H2,1H3,(H,13,14)(H2,12,15,16). The summed E-state index contributed by atoms with van der Waals surface area (Å²) in [7, 11) is -3.94. The van der Waals surface area contributed by atoms with E-state index in [4.69, 9.17) is 5.14 Å². The van der Waals surface area contributed by atoms with E-state index in [9.17, 15) is 17.6 Å². The van der Waals surface area contributed by atoms with Crippen LogP contribution in [-0.4, -0.2) is 26.3 Å². The second-order valence-electron chi connectivity index (χ2n) is 3.48. The lowest BCUT2D eigenvalue weighted by molar-refractivity contribution is -0.115. The Morgan fingerprint density at radius 2 is 2.17 bits per heavy atom. The lowest BCUT2D eigenvalue weighted by Crippen LogP contribution is -2.15. The number of hydrogen-bond acceptors (Lipinski definition) is 4. The van der Waals surface area contributed by atoms with Gasteiger partial charge in [-0.1, -0.05) is 0 Å². The number of anilines is 1.